The molecule has 26 nitrogen and oxygen atoms in total. The molecule has 0 saturated heterocycles. The van der Waals surface area contributed by atoms with Crippen LogP contribution in [0.1, 0.15) is 90.0 Å². The van der Waals surface area contributed by atoms with Gasteiger partial charge in [-0.3, -0.25) is 0 Å². The maximum absolute atomic E-state index is 8.89. The van der Waals surface area contributed by atoms with Crippen molar-refractivity contribution >= 4 is 266 Å². The average molecular weight is 1040 g/mol. The average Bonchev–Trinajstić information content (AvgIpc) is 2.67. The van der Waals surface area contributed by atoms with Crippen LogP contribution < -0.4 is 155 Å². The Balaban J connectivity index is -0.0000000143. The van der Waals surface area contributed by atoms with Gasteiger partial charge >= 0.3 is 277 Å². The first-order valence-electron chi connectivity index (χ1n) is 11.8. The summed E-state index contributed by atoms with van der Waals surface area (Å²) in [5.74, 6) is -14.1. The molecule has 312 valence electrons. The number of carboxylic acids is 13. The molecule has 0 radical (unpaired) electrons. The molecule has 0 bridgehead atoms. The van der Waals surface area contributed by atoms with E-state index in [-0.39, 0.29) is 277 Å². The van der Waals surface area contributed by atoms with Crippen molar-refractivity contribution < 1.29 is 217 Å². The SMILES string of the molecule is CC(=O)[O-].CC(=O)[O-].CC(=O)[O-].CC(=O)[O-].CC(=O)[O-].CC(=O)[O-].CC(=O)[O-].CC(=O)[O-].CC(=O)[O-].CC(=O)[O-].CC(=O)[O-].CC(=O)[O-].CC(=O)[O-].[Ca+2].[Ca+2].[Ca+2].[Ca+2].[Ca+2].[Na+].[Na+].[Na+]. The Labute approximate surface area is 562 Å². The number of carbonyl (C=O) groups is 13. The van der Waals surface area contributed by atoms with E-state index in [1.807, 2.05) is 0 Å². The van der Waals surface area contributed by atoms with Gasteiger partial charge in [0.1, 0.15) is 0 Å². The third-order valence-electron chi connectivity index (χ3n) is 0. The first-order valence-corrected chi connectivity index (χ1v) is 11.8. The predicted molar refractivity (Wildman–Crippen MR) is 168 cm³/mol. The van der Waals surface area contributed by atoms with E-state index in [1.165, 1.54) is 0 Å². The smallest absolute Gasteiger partial charge is 0.550 e. The summed E-state index contributed by atoms with van der Waals surface area (Å²) in [6.07, 6.45) is 0. The summed E-state index contributed by atoms with van der Waals surface area (Å²) in [5.41, 5.74) is 0. The van der Waals surface area contributed by atoms with Crippen molar-refractivity contribution in [3.8, 4) is 0 Å². The van der Waals surface area contributed by atoms with Gasteiger partial charge in [-0.25, -0.2) is 0 Å². The molecule has 0 aliphatic carbocycles. The molecular weight excluding hydrogens is 998 g/mol. The monoisotopic (exact) mass is 1040 g/mol. The van der Waals surface area contributed by atoms with Crippen LogP contribution in [0.2, 0.25) is 0 Å². The fraction of sp³-hybridized carbons (Fsp3) is 0.500. The van der Waals surface area contributed by atoms with Crippen LogP contribution in [0.3, 0.4) is 0 Å². The number of carbonyl (C=O) groups excluding carboxylic acids is 13. The van der Waals surface area contributed by atoms with Gasteiger partial charge in [0.25, 0.3) is 0 Å². The minimum absolute atomic E-state index is 0. The molecule has 0 atom stereocenters. The van der Waals surface area contributed by atoms with Crippen molar-refractivity contribution in [1.29, 1.82) is 0 Å². The third-order valence-corrected chi connectivity index (χ3v) is 0. The molecule has 0 saturated carbocycles. The zero-order valence-electron chi connectivity index (χ0n) is 36.6. The summed E-state index contributed by atoms with van der Waals surface area (Å²) in [6, 6.07) is 0. The van der Waals surface area contributed by atoms with E-state index in [9.17, 15) is 0 Å². The Morgan fingerprint density at radius 1 is 0.167 bits per heavy atom. The molecule has 0 unspecified atom stereocenters. The summed E-state index contributed by atoms with van der Waals surface area (Å²) in [5, 5.41) is 116. The van der Waals surface area contributed by atoms with Crippen molar-refractivity contribution in [3.05, 3.63) is 0 Å². The molecule has 0 aromatic heterocycles. The molecule has 0 aliphatic rings. The fourth-order valence-corrected chi connectivity index (χ4v) is 0. The normalized spacial score (nSPS) is 5.42. The summed E-state index contributed by atoms with van der Waals surface area (Å²) >= 11 is 0. The number of hydrogen-bond acceptors (Lipinski definition) is 26. The first kappa shape index (κ1) is 137. The van der Waals surface area contributed by atoms with Crippen molar-refractivity contribution in [3.63, 3.8) is 0 Å². The maximum Gasteiger partial charge on any atom is 2.00 e. The second-order valence-electron chi connectivity index (χ2n) is 6.39. The number of hydrogen-bond donors (Lipinski definition) is 0. The Kier molecular flexibility index (Phi) is 299. The maximum atomic E-state index is 8.89. The van der Waals surface area contributed by atoms with Crippen LogP contribution >= 0.6 is 0 Å². The van der Waals surface area contributed by atoms with Gasteiger partial charge in [0.05, 0.1) is 0 Å². The molecule has 0 rings (SSSR count). The third kappa shape index (κ3) is 36700. The molecule has 0 aromatic carbocycles. The van der Waals surface area contributed by atoms with Crippen molar-refractivity contribution in [2.75, 3.05) is 0 Å². The van der Waals surface area contributed by atoms with Crippen molar-refractivity contribution in [2.24, 2.45) is 0 Å². The number of carboxylic acid groups (broad SMARTS) is 13. The van der Waals surface area contributed by atoms with Crippen LogP contribution in [0.4, 0.5) is 0 Å². The molecule has 0 spiro atoms. The fourth-order valence-electron chi connectivity index (χ4n) is 0. The van der Waals surface area contributed by atoms with Crippen LogP contribution in [0.25, 0.3) is 0 Å². The van der Waals surface area contributed by atoms with Crippen LogP contribution in [0.15, 0.2) is 0 Å². The van der Waals surface area contributed by atoms with E-state index in [0.29, 0.717) is 0 Å². The molecule has 0 aliphatic heterocycles. The zero-order valence-corrected chi connectivity index (χ0v) is 53.7. The van der Waals surface area contributed by atoms with E-state index in [1.54, 1.807) is 0 Å². The van der Waals surface area contributed by atoms with Crippen molar-refractivity contribution in [2.45, 2.75) is 90.0 Å². The Morgan fingerprint density at radius 2 is 0.167 bits per heavy atom. The first-order chi connectivity index (χ1) is 22.5. The van der Waals surface area contributed by atoms with Crippen LogP contribution in [0.5, 0.6) is 0 Å². The van der Waals surface area contributed by atoms with E-state index in [2.05, 4.69) is 0 Å². The van der Waals surface area contributed by atoms with Gasteiger partial charge in [-0.1, -0.05) is 0 Å². The topological polar surface area (TPSA) is 522 Å². The predicted octanol–water partition coefficient (Wildman–Crippen LogP) is -27.1. The summed E-state index contributed by atoms with van der Waals surface area (Å²) < 4.78 is 0. The van der Waals surface area contributed by atoms with E-state index in [4.69, 9.17) is 129 Å². The van der Waals surface area contributed by atoms with Gasteiger partial charge < -0.3 is 129 Å². The largest absolute Gasteiger partial charge is 2.00 e. The molecule has 0 fully saturated rings. The van der Waals surface area contributed by atoms with E-state index < -0.39 is 77.6 Å². The molecule has 34 heteroatoms. The minimum atomic E-state index is -1.08. The van der Waals surface area contributed by atoms with E-state index in [0.717, 1.165) is 90.0 Å². The Hall–Kier alpha value is 2.41. The van der Waals surface area contributed by atoms with Gasteiger partial charge in [-0.05, 0) is 90.0 Å². The summed E-state index contributed by atoms with van der Waals surface area (Å²) in [7, 11) is 0. The van der Waals surface area contributed by atoms with Crippen molar-refractivity contribution in [1.82, 2.24) is 0 Å². The standard InChI is InChI=1S/13C2H4O2.5Ca.3Na/c13*1-2(3)4;;;;;;;;/h13*1H3,(H,3,4);;;;;;;;/q;;;;;;;;;;;;;5*+2;3*+1/p-13. The summed E-state index contributed by atoms with van der Waals surface area (Å²) in [6.45, 7) is 12.6. The molecular formula is C26H39Ca5Na3O26. The van der Waals surface area contributed by atoms with Gasteiger partial charge in [0, 0.05) is 77.6 Å². The van der Waals surface area contributed by atoms with Gasteiger partial charge in [0.2, 0.25) is 0 Å². The van der Waals surface area contributed by atoms with Crippen LogP contribution in [0, 0.1) is 0 Å². The van der Waals surface area contributed by atoms with Gasteiger partial charge in [0.15, 0.2) is 0 Å². The molecule has 0 amide bonds. The molecule has 0 aromatic rings. The number of rotatable bonds is 0. The van der Waals surface area contributed by atoms with Gasteiger partial charge in [-0.15, -0.1) is 0 Å². The molecule has 0 heterocycles. The second kappa shape index (κ2) is 131. The number of aliphatic carboxylic acids is 13. The minimum Gasteiger partial charge on any atom is -0.550 e. The van der Waals surface area contributed by atoms with E-state index >= 15 is 0 Å². The van der Waals surface area contributed by atoms with Gasteiger partial charge in [-0.2, -0.15) is 0 Å². The second-order valence-corrected chi connectivity index (χ2v) is 6.39. The Morgan fingerprint density at radius 3 is 0.167 bits per heavy atom. The molecule has 60 heavy (non-hydrogen) atoms. The molecule has 0 N–H and O–H groups in total. The van der Waals surface area contributed by atoms with Crippen LogP contribution in [-0.2, 0) is 62.3 Å². The summed E-state index contributed by atoms with van der Waals surface area (Å²) in [4.78, 5) is 116. The van der Waals surface area contributed by atoms with Crippen LogP contribution in [-0.4, -0.2) is 266 Å². The quantitative estimate of drug-likeness (QED) is 0.203. The Bertz CT molecular complexity index is 682. The zero-order chi connectivity index (χ0) is 46.5.